The Kier molecular flexibility index (Phi) is 7.91. The van der Waals surface area contributed by atoms with E-state index in [1.165, 1.54) is 0 Å². The molecule has 0 unspecified atom stereocenters. The first kappa shape index (κ1) is 32.6. The number of nitrogens with zero attached hydrogens (tertiary/aromatic N) is 4. The highest BCUT2D eigenvalue weighted by molar-refractivity contribution is 6.08. The molecule has 0 bridgehead atoms. The minimum Gasteiger partial charge on any atom is -0.444 e. The maximum absolute atomic E-state index is 13.4. The number of hydrogen-bond donors (Lipinski definition) is 3. The number of benzene rings is 2. The van der Waals surface area contributed by atoms with E-state index in [4.69, 9.17) is 19.4 Å². The fourth-order valence-electron chi connectivity index (χ4n) is 6.98. The van der Waals surface area contributed by atoms with Crippen LogP contribution in [0.4, 0.5) is 9.59 Å². The van der Waals surface area contributed by atoms with E-state index < -0.39 is 17.1 Å². The number of rotatable bonds is 6. The molecule has 4 aromatic rings. The van der Waals surface area contributed by atoms with Gasteiger partial charge < -0.3 is 24.8 Å². The number of Topliss-reactive ketones (excluding diaryl/α,β-unsaturated/α-hetero) is 1. The molecule has 2 saturated heterocycles. The van der Waals surface area contributed by atoms with Gasteiger partial charge in [-0.2, -0.15) is 0 Å². The van der Waals surface area contributed by atoms with E-state index in [-0.39, 0.29) is 42.6 Å². The minimum atomic E-state index is -0.612. The van der Waals surface area contributed by atoms with Crippen LogP contribution in [-0.4, -0.2) is 83.9 Å². The smallest absolute Gasteiger partial charge is 0.411 e. The summed E-state index contributed by atoms with van der Waals surface area (Å²) >= 11 is 0. The molecule has 7 rings (SSSR count). The minimum absolute atomic E-state index is 0.142. The number of imidazole rings is 2. The Hall–Kier alpha value is -4.94. The van der Waals surface area contributed by atoms with Crippen LogP contribution in [0.25, 0.3) is 22.1 Å². The molecular formula is C36H43N7O6. The molecule has 258 valence electrons. The number of piperidine rings is 1. The third-order valence-electron chi connectivity index (χ3n) is 9.23. The van der Waals surface area contributed by atoms with E-state index in [0.29, 0.717) is 51.8 Å². The SMILES string of the molecule is CC(C)(C)OC(=O)N1CCC[C@H]1c1nc2cc(C(=O)CNC(=O)c3cccc4nc([C@@H]5C[C@@H]6C[C@@H]6N5C(=O)OC(C)(C)C)[nH]c34)ccc2[nH]1. The molecular weight excluding hydrogens is 626 g/mol. The summed E-state index contributed by atoms with van der Waals surface area (Å²) < 4.78 is 11.3. The molecule has 0 spiro atoms. The maximum atomic E-state index is 13.4. The number of ether oxygens (including phenoxy) is 2. The third kappa shape index (κ3) is 6.58. The van der Waals surface area contributed by atoms with Gasteiger partial charge in [-0.05, 0) is 103 Å². The van der Waals surface area contributed by atoms with E-state index in [0.717, 1.165) is 31.2 Å². The third-order valence-corrected chi connectivity index (χ3v) is 9.23. The van der Waals surface area contributed by atoms with E-state index in [1.54, 1.807) is 40.1 Å². The van der Waals surface area contributed by atoms with Gasteiger partial charge >= 0.3 is 12.2 Å². The van der Waals surface area contributed by atoms with Crippen LogP contribution in [0.2, 0.25) is 0 Å². The second-order valence-corrected chi connectivity index (χ2v) is 15.3. The van der Waals surface area contributed by atoms with Crippen molar-refractivity contribution >= 4 is 45.9 Å². The molecule has 2 aromatic carbocycles. The molecule has 3 aliphatic rings. The van der Waals surface area contributed by atoms with Gasteiger partial charge in [0.2, 0.25) is 0 Å². The summed E-state index contributed by atoms with van der Waals surface area (Å²) in [7, 11) is 0. The Labute approximate surface area is 284 Å². The Morgan fingerprint density at radius 2 is 1.59 bits per heavy atom. The largest absolute Gasteiger partial charge is 0.444 e. The number of para-hydroxylation sites is 1. The van der Waals surface area contributed by atoms with Crippen LogP contribution < -0.4 is 5.32 Å². The monoisotopic (exact) mass is 669 g/mol. The van der Waals surface area contributed by atoms with Crippen LogP contribution in [-0.2, 0) is 9.47 Å². The molecule has 0 radical (unpaired) electrons. The molecule has 13 nitrogen and oxygen atoms in total. The van der Waals surface area contributed by atoms with Gasteiger partial charge in [0.1, 0.15) is 22.9 Å². The summed E-state index contributed by atoms with van der Waals surface area (Å²) in [6, 6.07) is 10.1. The van der Waals surface area contributed by atoms with Crippen molar-refractivity contribution in [2.75, 3.05) is 13.1 Å². The number of likely N-dealkylation sites (tertiary alicyclic amines) is 2. The fourth-order valence-corrected chi connectivity index (χ4v) is 6.98. The first-order valence-electron chi connectivity index (χ1n) is 17.0. The van der Waals surface area contributed by atoms with Crippen molar-refractivity contribution in [2.45, 2.75) is 96.6 Å². The van der Waals surface area contributed by atoms with Crippen LogP contribution in [0.5, 0.6) is 0 Å². The van der Waals surface area contributed by atoms with Crippen LogP contribution in [0, 0.1) is 5.92 Å². The second-order valence-electron chi connectivity index (χ2n) is 15.3. The zero-order valence-electron chi connectivity index (χ0n) is 28.8. The van der Waals surface area contributed by atoms with Crippen LogP contribution in [0.15, 0.2) is 36.4 Å². The summed E-state index contributed by atoms with van der Waals surface area (Å²) in [5, 5.41) is 2.76. The summed E-state index contributed by atoms with van der Waals surface area (Å²) in [5.41, 5.74) is 2.05. The lowest BCUT2D eigenvalue weighted by atomic mass is 10.1. The predicted octanol–water partition coefficient (Wildman–Crippen LogP) is 6.19. The molecule has 4 heterocycles. The Balaban J connectivity index is 1.03. The number of carbonyl (C=O) groups is 4. The van der Waals surface area contributed by atoms with Crippen molar-refractivity contribution in [3.8, 4) is 0 Å². The lowest BCUT2D eigenvalue weighted by Gasteiger charge is -2.29. The van der Waals surface area contributed by atoms with Crippen molar-refractivity contribution in [3.63, 3.8) is 0 Å². The lowest BCUT2D eigenvalue weighted by molar-refractivity contribution is 0.0173. The average molecular weight is 670 g/mol. The van der Waals surface area contributed by atoms with E-state index in [2.05, 4.69) is 15.3 Å². The summed E-state index contributed by atoms with van der Waals surface area (Å²) in [4.78, 5) is 72.1. The topological polar surface area (TPSA) is 163 Å². The van der Waals surface area contributed by atoms with Crippen molar-refractivity contribution in [3.05, 3.63) is 59.2 Å². The van der Waals surface area contributed by atoms with Crippen LogP contribution >= 0.6 is 0 Å². The number of H-pyrrole nitrogens is 2. The van der Waals surface area contributed by atoms with Gasteiger partial charge in [0.15, 0.2) is 5.78 Å². The molecule has 49 heavy (non-hydrogen) atoms. The summed E-state index contributed by atoms with van der Waals surface area (Å²) in [5.74, 6) is 0.988. The summed E-state index contributed by atoms with van der Waals surface area (Å²) in [6.07, 6.45) is 2.60. The predicted molar refractivity (Wildman–Crippen MR) is 181 cm³/mol. The van der Waals surface area contributed by atoms with Gasteiger partial charge in [-0.1, -0.05) is 6.07 Å². The van der Waals surface area contributed by atoms with Crippen molar-refractivity contribution in [1.82, 2.24) is 35.1 Å². The fraction of sp³-hybridized carbons (Fsp3) is 0.500. The lowest BCUT2D eigenvalue weighted by Crippen LogP contribution is -2.38. The molecule has 3 fully saturated rings. The number of hydrogen-bond acceptors (Lipinski definition) is 8. The normalized spacial score (nSPS) is 22.0. The van der Waals surface area contributed by atoms with Crippen LogP contribution in [0.1, 0.15) is 112 Å². The van der Waals surface area contributed by atoms with Gasteiger partial charge in [-0.15, -0.1) is 0 Å². The molecule has 3 amide bonds. The van der Waals surface area contributed by atoms with Gasteiger partial charge in [0, 0.05) is 18.2 Å². The van der Waals surface area contributed by atoms with Gasteiger partial charge in [0.05, 0.1) is 46.3 Å². The van der Waals surface area contributed by atoms with Crippen molar-refractivity contribution in [2.24, 2.45) is 5.92 Å². The highest BCUT2D eigenvalue weighted by Gasteiger charge is 2.56. The number of aromatic nitrogens is 4. The molecule has 3 N–H and O–H groups in total. The van der Waals surface area contributed by atoms with Crippen molar-refractivity contribution in [1.29, 1.82) is 0 Å². The standard InChI is InChI=1S/C36H43N7O6/c1-35(2,3)48-33(46)42-14-8-11-25(42)30-38-22-13-12-19(15-24(22)40-30)28(44)18-37-32(45)21-9-7-10-23-29(21)41-31(39-23)27-17-20-16-26(20)43(27)34(47)49-36(4,5)6/h7,9-10,12-13,15,20,25-27H,8,11,14,16-18H2,1-6H3,(H,37,45)(H,38,40)(H,39,41)/t20-,25-,26-,27-/m0/s1. The first-order chi connectivity index (χ1) is 23.1. The Morgan fingerprint density at radius 3 is 2.35 bits per heavy atom. The van der Waals surface area contributed by atoms with E-state index in [9.17, 15) is 19.2 Å². The van der Waals surface area contributed by atoms with Gasteiger partial charge in [-0.3, -0.25) is 19.4 Å². The molecule has 1 saturated carbocycles. The molecule has 1 aliphatic carbocycles. The first-order valence-corrected chi connectivity index (χ1v) is 17.0. The highest BCUT2D eigenvalue weighted by Crippen LogP contribution is 2.53. The van der Waals surface area contributed by atoms with E-state index in [1.807, 2.05) is 47.6 Å². The van der Waals surface area contributed by atoms with Gasteiger partial charge in [0.25, 0.3) is 5.91 Å². The number of fused-ring (bicyclic) bond motifs is 3. The molecule has 4 atom stereocenters. The molecule has 2 aromatic heterocycles. The second kappa shape index (κ2) is 11.9. The van der Waals surface area contributed by atoms with Crippen LogP contribution in [0.3, 0.4) is 0 Å². The quantitative estimate of drug-likeness (QED) is 0.205. The average Bonchev–Trinajstić information content (AvgIpc) is 3.50. The summed E-state index contributed by atoms with van der Waals surface area (Å²) in [6.45, 7) is 11.4. The number of nitrogens with one attached hydrogen (secondary N) is 3. The van der Waals surface area contributed by atoms with E-state index >= 15 is 0 Å². The highest BCUT2D eigenvalue weighted by atomic mass is 16.6. The zero-order chi connectivity index (χ0) is 34.8. The van der Waals surface area contributed by atoms with Gasteiger partial charge in [-0.25, -0.2) is 19.6 Å². The Bertz CT molecular complexity index is 1970. The molecule has 2 aliphatic heterocycles. The number of aromatic amines is 2. The number of carbonyl (C=O) groups excluding carboxylic acids is 4. The number of amides is 3. The molecule has 13 heteroatoms. The van der Waals surface area contributed by atoms with Crippen molar-refractivity contribution < 1.29 is 28.7 Å². The Morgan fingerprint density at radius 1 is 0.878 bits per heavy atom. The maximum Gasteiger partial charge on any atom is 0.411 e. The number of ketones is 1. The zero-order valence-corrected chi connectivity index (χ0v) is 28.8.